The summed E-state index contributed by atoms with van der Waals surface area (Å²) in [6, 6.07) is 0. The highest BCUT2D eigenvalue weighted by molar-refractivity contribution is 7.91. The van der Waals surface area contributed by atoms with Crippen molar-refractivity contribution in [3.8, 4) is 0 Å². The van der Waals surface area contributed by atoms with Gasteiger partial charge in [0.2, 0.25) is 15.0 Å². The molecule has 0 radical (unpaired) electrons. The van der Waals surface area contributed by atoms with Gasteiger partial charge < -0.3 is 0 Å². The van der Waals surface area contributed by atoms with Crippen LogP contribution in [0, 0.1) is 0 Å². The summed E-state index contributed by atoms with van der Waals surface area (Å²) in [6.45, 7) is 0.295. The van der Waals surface area contributed by atoms with E-state index in [4.69, 9.17) is 0 Å². The van der Waals surface area contributed by atoms with E-state index in [1.54, 1.807) is 0 Å². The molecule has 1 aliphatic heterocycles. The maximum atomic E-state index is 11.9. The zero-order valence-corrected chi connectivity index (χ0v) is 9.37. The molecule has 1 aliphatic rings. The first-order chi connectivity index (χ1) is 7.99. The molecule has 2 aromatic rings. The molecule has 0 spiro atoms. The summed E-state index contributed by atoms with van der Waals surface area (Å²) in [5.74, 6) is -0.0282. The normalized spacial score (nSPS) is 18.1. The number of sulfone groups is 1. The summed E-state index contributed by atoms with van der Waals surface area (Å²) < 4.78 is 24.6. The first-order valence-corrected chi connectivity index (χ1v) is 6.60. The van der Waals surface area contributed by atoms with Crippen molar-refractivity contribution in [1.29, 1.82) is 0 Å². The van der Waals surface area contributed by atoms with Crippen molar-refractivity contribution in [2.75, 3.05) is 5.75 Å². The number of nitrogens with zero attached hydrogens (tertiary/aromatic N) is 2. The Labute approximate surface area is 94.2 Å². The van der Waals surface area contributed by atoms with Gasteiger partial charge in [-0.25, -0.2) is 13.2 Å². The smallest absolute Gasteiger partial charge is 0.300 e. The van der Waals surface area contributed by atoms with Gasteiger partial charge in [-0.1, -0.05) is 0 Å². The van der Waals surface area contributed by atoms with E-state index in [2.05, 4.69) is 15.0 Å². The first kappa shape index (κ1) is 10.3. The molecule has 0 bridgehead atoms. The molecule has 0 amide bonds. The van der Waals surface area contributed by atoms with Crippen LogP contribution in [0.2, 0.25) is 0 Å². The Bertz CT molecular complexity index is 825. The Morgan fingerprint density at radius 1 is 1.24 bits per heavy atom. The average molecular weight is 256 g/mol. The highest BCUT2D eigenvalue weighted by atomic mass is 32.2. The molecule has 9 heteroatoms. The molecule has 2 N–H and O–H groups in total. The fraction of sp³-hybridized carbons (Fsp3) is 0.375. The Kier molecular flexibility index (Phi) is 1.85. The summed E-state index contributed by atoms with van der Waals surface area (Å²) >= 11 is 0. The number of fused-ring (bicyclic) bond motifs is 2. The van der Waals surface area contributed by atoms with Crippen LogP contribution in [0.3, 0.4) is 0 Å². The number of imidazole rings is 1. The van der Waals surface area contributed by atoms with Crippen LogP contribution in [0.5, 0.6) is 0 Å². The Hall–Kier alpha value is -1.90. The van der Waals surface area contributed by atoms with Crippen molar-refractivity contribution in [2.45, 2.75) is 18.1 Å². The summed E-state index contributed by atoms with van der Waals surface area (Å²) in [5.41, 5.74) is -1.12. The number of nitrogens with one attached hydrogen (secondary N) is 2. The fourth-order valence-corrected chi connectivity index (χ4v) is 3.36. The van der Waals surface area contributed by atoms with Crippen LogP contribution in [-0.4, -0.2) is 33.7 Å². The molecule has 0 saturated carbocycles. The lowest BCUT2D eigenvalue weighted by Gasteiger charge is -2.16. The van der Waals surface area contributed by atoms with Gasteiger partial charge in [-0.2, -0.15) is 4.98 Å². The zero-order valence-electron chi connectivity index (χ0n) is 8.56. The van der Waals surface area contributed by atoms with E-state index in [0.717, 1.165) is 4.57 Å². The van der Waals surface area contributed by atoms with E-state index in [9.17, 15) is 18.0 Å². The van der Waals surface area contributed by atoms with Crippen molar-refractivity contribution in [2.24, 2.45) is 0 Å². The van der Waals surface area contributed by atoms with Gasteiger partial charge in [0.25, 0.3) is 5.56 Å². The minimum Gasteiger partial charge on any atom is -0.300 e. The van der Waals surface area contributed by atoms with E-state index >= 15 is 0 Å². The van der Waals surface area contributed by atoms with Gasteiger partial charge in [0.15, 0.2) is 11.2 Å². The predicted molar refractivity (Wildman–Crippen MR) is 57.6 cm³/mol. The summed E-state index contributed by atoms with van der Waals surface area (Å²) in [6.07, 6.45) is 0.372. The molecule has 0 fully saturated rings. The van der Waals surface area contributed by atoms with Gasteiger partial charge in [0.05, 0.1) is 5.75 Å². The third-order valence-corrected chi connectivity index (χ3v) is 4.37. The summed E-state index contributed by atoms with van der Waals surface area (Å²) in [4.78, 5) is 31.4. The van der Waals surface area contributed by atoms with E-state index < -0.39 is 21.1 Å². The van der Waals surface area contributed by atoms with Crippen LogP contribution in [0.15, 0.2) is 14.7 Å². The van der Waals surface area contributed by atoms with E-state index in [1.165, 1.54) is 0 Å². The van der Waals surface area contributed by atoms with Crippen molar-refractivity contribution >= 4 is 21.0 Å². The van der Waals surface area contributed by atoms with Crippen LogP contribution in [-0.2, 0) is 16.4 Å². The van der Waals surface area contributed by atoms with Crippen LogP contribution in [0.25, 0.3) is 11.2 Å². The Morgan fingerprint density at radius 3 is 2.76 bits per heavy atom. The van der Waals surface area contributed by atoms with Crippen molar-refractivity contribution in [3.63, 3.8) is 0 Å². The van der Waals surface area contributed by atoms with E-state index in [1.807, 2.05) is 0 Å². The minimum absolute atomic E-state index is 0.0100. The molecule has 0 unspecified atom stereocenters. The van der Waals surface area contributed by atoms with Gasteiger partial charge >= 0.3 is 5.69 Å². The third kappa shape index (κ3) is 1.35. The summed E-state index contributed by atoms with van der Waals surface area (Å²) in [7, 11) is -3.53. The van der Waals surface area contributed by atoms with Crippen LogP contribution < -0.4 is 11.2 Å². The van der Waals surface area contributed by atoms with Gasteiger partial charge in [-0.15, -0.1) is 0 Å². The van der Waals surface area contributed by atoms with Gasteiger partial charge in [-0.05, 0) is 6.42 Å². The average Bonchev–Trinajstić information content (AvgIpc) is 2.61. The number of aromatic nitrogens is 4. The Morgan fingerprint density at radius 2 is 2.00 bits per heavy atom. The lowest BCUT2D eigenvalue weighted by atomic mass is 10.4. The molecule has 2 aromatic heterocycles. The highest BCUT2D eigenvalue weighted by Crippen LogP contribution is 2.15. The molecule has 0 aromatic carbocycles. The second-order valence-electron chi connectivity index (χ2n) is 3.83. The Balaban J connectivity index is 2.55. The number of H-pyrrole nitrogens is 2. The minimum atomic E-state index is -3.53. The fourth-order valence-electron chi connectivity index (χ4n) is 1.93. The lowest BCUT2D eigenvalue weighted by molar-refractivity contribution is 0.509. The molecular formula is C8H8N4O4S. The SMILES string of the molecule is O=c1[nH]c2nc3n(c(=O)c2[nH]1)CCCS3(=O)=O. The number of aromatic amines is 2. The van der Waals surface area contributed by atoms with Crippen LogP contribution in [0.4, 0.5) is 0 Å². The van der Waals surface area contributed by atoms with Crippen molar-refractivity contribution < 1.29 is 8.42 Å². The van der Waals surface area contributed by atoms with Gasteiger partial charge in [0, 0.05) is 6.54 Å². The number of rotatable bonds is 0. The lowest BCUT2D eigenvalue weighted by Crippen LogP contribution is -2.33. The van der Waals surface area contributed by atoms with Crippen LogP contribution >= 0.6 is 0 Å². The predicted octanol–water partition coefficient (Wildman–Crippen LogP) is -1.41. The van der Waals surface area contributed by atoms with Crippen molar-refractivity contribution in [1.82, 2.24) is 19.5 Å². The van der Waals surface area contributed by atoms with Gasteiger partial charge in [-0.3, -0.25) is 19.3 Å². The van der Waals surface area contributed by atoms with E-state index in [0.29, 0.717) is 13.0 Å². The molecule has 0 atom stereocenters. The zero-order chi connectivity index (χ0) is 12.2. The van der Waals surface area contributed by atoms with Crippen molar-refractivity contribution in [3.05, 3.63) is 20.8 Å². The first-order valence-electron chi connectivity index (χ1n) is 4.95. The monoisotopic (exact) mass is 256 g/mol. The second-order valence-corrected chi connectivity index (χ2v) is 5.83. The topological polar surface area (TPSA) is 118 Å². The van der Waals surface area contributed by atoms with Crippen LogP contribution in [0.1, 0.15) is 6.42 Å². The molecule has 0 saturated heterocycles. The standard InChI is InChI=1S/C8H8N4O4S/c13-6-4-5(10-7(14)9-4)11-8-12(6)2-1-3-17(8,15)16/h1-3H2,(H2,9,10,14). The largest absolute Gasteiger partial charge is 0.325 e. The molecule has 3 rings (SSSR count). The summed E-state index contributed by atoms with van der Waals surface area (Å²) in [5, 5.41) is -0.267. The third-order valence-electron chi connectivity index (χ3n) is 2.68. The molecule has 8 nitrogen and oxygen atoms in total. The number of hydrogen-bond acceptors (Lipinski definition) is 5. The molecule has 0 aliphatic carbocycles. The molecule has 3 heterocycles. The maximum Gasteiger partial charge on any atom is 0.325 e. The second kappa shape index (κ2) is 3.06. The maximum absolute atomic E-state index is 11.9. The van der Waals surface area contributed by atoms with Gasteiger partial charge in [0.1, 0.15) is 0 Å². The molecular weight excluding hydrogens is 248 g/mol. The highest BCUT2D eigenvalue weighted by Gasteiger charge is 2.27. The molecule has 17 heavy (non-hydrogen) atoms. The number of hydrogen-bond donors (Lipinski definition) is 2. The van der Waals surface area contributed by atoms with E-state index in [-0.39, 0.29) is 22.1 Å². The quantitative estimate of drug-likeness (QED) is 0.561. The molecule has 90 valence electrons.